The zero-order chi connectivity index (χ0) is 19.1. The number of hydrogen-bond acceptors (Lipinski definition) is 2. The lowest BCUT2D eigenvalue weighted by Crippen LogP contribution is -2.01. The molecule has 4 aromatic carbocycles. The zero-order valence-corrected chi connectivity index (χ0v) is 16.4. The van der Waals surface area contributed by atoms with Gasteiger partial charge in [-0.25, -0.2) is 0 Å². The van der Waals surface area contributed by atoms with Gasteiger partial charge in [-0.3, -0.25) is 4.79 Å². The van der Waals surface area contributed by atoms with E-state index >= 15 is 0 Å². The number of benzene rings is 4. The summed E-state index contributed by atoms with van der Waals surface area (Å²) in [5, 5.41) is 1.82. The van der Waals surface area contributed by atoms with Gasteiger partial charge in [-0.15, -0.1) is 0 Å². The Labute approximate surface area is 170 Å². The summed E-state index contributed by atoms with van der Waals surface area (Å²) >= 11 is 3.66. The van der Waals surface area contributed by atoms with Crippen LogP contribution in [0.2, 0.25) is 0 Å². The van der Waals surface area contributed by atoms with Crippen LogP contribution in [0.25, 0.3) is 33.1 Å². The third kappa shape index (κ3) is 2.67. The Hall–Kier alpha value is -3.17. The summed E-state index contributed by atoms with van der Waals surface area (Å²) in [6.07, 6.45) is 0. The molecule has 0 spiro atoms. The van der Waals surface area contributed by atoms with Crippen LogP contribution in [0.3, 0.4) is 0 Å². The van der Waals surface area contributed by atoms with Crippen molar-refractivity contribution in [2.45, 2.75) is 0 Å². The van der Waals surface area contributed by atoms with E-state index in [1.165, 1.54) is 0 Å². The summed E-state index contributed by atoms with van der Waals surface area (Å²) in [6, 6.07) is 29.1. The molecule has 0 N–H and O–H groups in total. The average molecular weight is 427 g/mol. The van der Waals surface area contributed by atoms with E-state index in [4.69, 9.17) is 4.42 Å². The maximum Gasteiger partial charge on any atom is 0.193 e. The molecule has 1 aromatic heterocycles. The first-order valence-corrected chi connectivity index (χ1v) is 9.82. The number of carbonyl (C=O) groups excluding carboxylic acids is 1. The van der Waals surface area contributed by atoms with Crippen LogP contribution in [0, 0.1) is 0 Å². The van der Waals surface area contributed by atoms with Crippen LogP contribution in [0.15, 0.2) is 99.9 Å². The molecule has 1 heterocycles. The van der Waals surface area contributed by atoms with Crippen LogP contribution in [-0.2, 0) is 0 Å². The molecular formula is C25H15BrO2. The molecule has 0 radical (unpaired) electrons. The lowest BCUT2D eigenvalue weighted by Gasteiger charge is -2.08. The van der Waals surface area contributed by atoms with Crippen molar-refractivity contribution in [3.05, 3.63) is 107 Å². The van der Waals surface area contributed by atoms with Gasteiger partial charge in [-0.2, -0.15) is 0 Å². The zero-order valence-electron chi connectivity index (χ0n) is 14.9. The highest BCUT2D eigenvalue weighted by Crippen LogP contribution is 2.40. The second-order valence-corrected chi connectivity index (χ2v) is 7.49. The van der Waals surface area contributed by atoms with E-state index < -0.39 is 0 Å². The number of carbonyl (C=O) groups is 1. The lowest BCUT2D eigenvalue weighted by atomic mass is 9.94. The van der Waals surface area contributed by atoms with Gasteiger partial charge in [0.15, 0.2) is 5.78 Å². The highest BCUT2D eigenvalue weighted by atomic mass is 79.9. The van der Waals surface area contributed by atoms with Crippen LogP contribution in [0.4, 0.5) is 0 Å². The van der Waals surface area contributed by atoms with Crippen molar-refractivity contribution in [2.24, 2.45) is 0 Å². The Bertz CT molecular complexity index is 1330. The van der Waals surface area contributed by atoms with E-state index in [0.29, 0.717) is 11.1 Å². The van der Waals surface area contributed by atoms with Gasteiger partial charge in [0.2, 0.25) is 0 Å². The van der Waals surface area contributed by atoms with Crippen LogP contribution in [0.1, 0.15) is 15.9 Å². The quantitative estimate of drug-likeness (QED) is 0.284. The first-order valence-electron chi connectivity index (χ1n) is 9.03. The molecule has 134 valence electrons. The smallest absolute Gasteiger partial charge is 0.193 e. The minimum atomic E-state index is -0.00386. The molecule has 5 rings (SSSR count). The number of hydrogen-bond donors (Lipinski definition) is 0. The normalized spacial score (nSPS) is 11.2. The minimum absolute atomic E-state index is 0.00386. The van der Waals surface area contributed by atoms with Gasteiger partial charge in [0.25, 0.3) is 0 Å². The number of furan rings is 1. The Morgan fingerprint density at radius 3 is 2.07 bits per heavy atom. The molecule has 3 heteroatoms. The van der Waals surface area contributed by atoms with Gasteiger partial charge in [0.1, 0.15) is 11.2 Å². The summed E-state index contributed by atoms with van der Waals surface area (Å²) < 4.78 is 7.12. The lowest BCUT2D eigenvalue weighted by molar-refractivity contribution is 0.104. The van der Waals surface area contributed by atoms with Gasteiger partial charge < -0.3 is 4.42 Å². The first-order chi connectivity index (χ1) is 13.7. The SMILES string of the molecule is O=C(c1ccccc1)c1cccc2oc3cccc(-c4ccccc4Br)c3c12. The fraction of sp³-hybridized carbons (Fsp3) is 0. The van der Waals surface area contributed by atoms with E-state index in [2.05, 4.69) is 28.1 Å². The van der Waals surface area contributed by atoms with Crippen molar-refractivity contribution >= 4 is 43.7 Å². The molecule has 0 atom stereocenters. The molecule has 0 unspecified atom stereocenters. The Morgan fingerprint density at radius 1 is 0.643 bits per heavy atom. The third-order valence-electron chi connectivity index (χ3n) is 4.97. The van der Waals surface area contributed by atoms with Crippen molar-refractivity contribution in [3.8, 4) is 11.1 Å². The maximum absolute atomic E-state index is 13.3. The molecule has 0 amide bonds. The fourth-order valence-electron chi connectivity index (χ4n) is 3.70. The molecule has 0 saturated carbocycles. The van der Waals surface area contributed by atoms with Crippen LogP contribution in [-0.4, -0.2) is 5.78 Å². The number of ketones is 1. The standard InChI is InChI=1S/C25H15BrO2/c26-20-13-5-4-10-17(20)18-11-6-14-21-23(18)24-19(12-7-15-22(24)28-21)25(27)16-8-2-1-3-9-16/h1-15H. The van der Waals surface area contributed by atoms with Crippen molar-refractivity contribution in [1.29, 1.82) is 0 Å². The number of rotatable bonds is 3. The molecule has 0 aliphatic carbocycles. The summed E-state index contributed by atoms with van der Waals surface area (Å²) in [5.41, 5.74) is 4.92. The van der Waals surface area contributed by atoms with E-state index in [9.17, 15) is 4.79 Å². The first kappa shape index (κ1) is 17.0. The van der Waals surface area contributed by atoms with Crippen LogP contribution < -0.4 is 0 Å². The predicted molar refractivity (Wildman–Crippen MR) is 117 cm³/mol. The molecular weight excluding hydrogens is 412 g/mol. The van der Waals surface area contributed by atoms with Gasteiger partial charge >= 0.3 is 0 Å². The molecule has 0 fully saturated rings. The van der Waals surface area contributed by atoms with Crippen LogP contribution >= 0.6 is 15.9 Å². The molecule has 0 aliphatic heterocycles. The van der Waals surface area contributed by atoms with Crippen molar-refractivity contribution in [2.75, 3.05) is 0 Å². The highest BCUT2D eigenvalue weighted by molar-refractivity contribution is 9.10. The topological polar surface area (TPSA) is 30.2 Å². The molecule has 0 aliphatic rings. The van der Waals surface area contributed by atoms with Gasteiger partial charge in [-0.1, -0.05) is 88.7 Å². The predicted octanol–water partition coefficient (Wildman–Crippen LogP) is 7.25. The Balaban J connectivity index is 1.86. The summed E-state index contributed by atoms with van der Waals surface area (Å²) in [7, 11) is 0. The van der Waals surface area contributed by atoms with E-state index in [1.54, 1.807) is 0 Å². The largest absolute Gasteiger partial charge is 0.456 e. The average Bonchev–Trinajstić information content (AvgIpc) is 3.13. The van der Waals surface area contributed by atoms with Gasteiger partial charge in [0.05, 0.1) is 0 Å². The molecule has 28 heavy (non-hydrogen) atoms. The minimum Gasteiger partial charge on any atom is -0.456 e. The highest BCUT2D eigenvalue weighted by Gasteiger charge is 2.20. The van der Waals surface area contributed by atoms with E-state index in [-0.39, 0.29) is 5.78 Å². The fourth-order valence-corrected chi connectivity index (χ4v) is 4.20. The monoisotopic (exact) mass is 426 g/mol. The maximum atomic E-state index is 13.3. The van der Waals surface area contributed by atoms with Gasteiger partial charge in [-0.05, 0) is 29.3 Å². The second kappa shape index (κ2) is 6.77. The third-order valence-corrected chi connectivity index (χ3v) is 5.66. The molecule has 2 nitrogen and oxygen atoms in total. The number of fused-ring (bicyclic) bond motifs is 3. The van der Waals surface area contributed by atoms with E-state index in [0.717, 1.165) is 37.5 Å². The van der Waals surface area contributed by atoms with Crippen molar-refractivity contribution < 1.29 is 9.21 Å². The summed E-state index contributed by atoms with van der Waals surface area (Å²) in [4.78, 5) is 13.3. The van der Waals surface area contributed by atoms with Crippen LogP contribution in [0.5, 0.6) is 0 Å². The van der Waals surface area contributed by atoms with E-state index in [1.807, 2.05) is 78.9 Å². The Kier molecular flexibility index (Phi) is 4.10. The van der Waals surface area contributed by atoms with Gasteiger partial charge in [0, 0.05) is 26.4 Å². The summed E-state index contributed by atoms with van der Waals surface area (Å²) in [6.45, 7) is 0. The molecule has 0 bridgehead atoms. The Morgan fingerprint density at radius 2 is 1.29 bits per heavy atom. The summed E-state index contributed by atoms with van der Waals surface area (Å²) in [5.74, 6) is -0.00386. The second-order valence-electron chi connectivity index (χ2n) is 6.63. The van der Waals surface area contributed by atoms with Crippen molar-refractivity contribution in [1.82, 2.24) is 0 Å². The van der Waals surface area contributed by atoms with Crippen molar-refractivity contribution in [3.63, 3.8) is 0 Å². The molecule has 5 aromatic rings. The molecule has 0 saturated heterocycles. The number of halogens is 1.